The lowest BCUT2D eigenvalue weighted by atomic mass is 10.0. The lowest BCUT2D eigenvalue weighted by Crippen LogP contribution is -2.49. The highest BCUT2D eigenvalue weighted by Crippen LogP contribution is 2.31. The van der Waals surface area contributed by atoms with Crippen LogP contribution in [-0.2, 0) is 11.2 Å². The van der Waals surface area contributed by atoms with Gasteiger partial charge in [0, 0.05) is 31.8 Å². The third-order valence-corrected chi connectivity index (χ3v) is 7.58. The number of hydrogen-bond acceptors (Lipinski definition) is 5. The minimum absolute atomic E-state index is 0.0617. The molecule has 0 bridgehead atoms. The van der Waals surface area contributed by atoms with Gasteiger partial charge in [-0.1, -0.05) is 66.8 Å². The van der Waals surface area contributed by atoms with Gasteiger partial charge < -0.3 is 14.5 Å². The highest BCUT2D eigenvalue weighted by molar-refractivity contribution is 7.22. The average Bonchev–Trinajstić information content (AvgIpc) is 3.36. The van der Waals surface area contributed by atoms with Crippen LogP contribution in [0.25, 0.3) is 21.9 Å². The zero-order valence-corrected chi connectivity index (χ0v) is 21.6. The van der Waals surface area contributed by atoms with Crippen LogP contribution in [0.2, 0.25) is 0 Å². The van der Waals surface area contributed by atoms with Crippen molar-refractivity contribution in [1.82, 2.24) is 9.88 Å². The van der Waals surface area contributed by atoms with Crippen LogP contribution < -0.4 is 9.64 Å². The van der Waals surface area contributed by atoms with Crippen molar-refractivity contribution in [1.29, 1.82) is 0 Å². The summed E-state index contributed by atoms with van der Waals surface area (Å²) >= 11 is 1.74. The van der Waals surface area contributed by atoms with Gasteiger partial charge >= 0.3 is 0 Å². The fraction of sp³-hybridized carbons (Fsp3) is 0.267. The van der Waals surface area contributed by atoms with E-state index < -0.39 is 0 Å². The van der Waals surface area contributed by atoms with Crippen LogP contribution in [0.1, 0.15) is 30.5 Å². The number of nitrogens with zero attached hydrogens (tertiary/aromatic N) is 3. The number of aromatic nitrogens is 1. The van der Waals surface area contributed by atoms with Crippen LogP contribution in [0.15, 0.2) is 72.8 Å². The molecule has 0 aliphatic carbocycles. The fourth-order valence-electron chi connectivity index (χ4n) is 4.46. The van der Waals surface area contributed by atoms with Gasteiger partial charge in [0.15, 0.2) is 5.13 Å². The Morgan fingerprint density at radius 3 is 2.42 bits per heavy atom. The van der Waals surface area contributed by atoms with E-state index in [1.165, 1.54) is 10.3 Å². The molecule has 5 rings (SSSR count). The molecule has 0 radical (unpaired) electrons. The van der Waals surface area contributed by atoms with Crippen molar-refractivity contribution in [2.75, 3.05) is 37.7 Å². The summed E-state index contributed by atoms with van der Waals surface area (Å²) in [5.74, 6) is 0.894. The number of rotatable bonds is 7. The molecule has 2 heterocycles. The molecule has 3 aromatic carbocycles. The van der Waals surface area contributed by atoms with Gasteiger partial charge in [-0.3, -0.25) is 4.79 Å². The first kappa shape index (κ1) is 24.1. The Hall–Kier alpha value is -3.64. The lowest BCUT2D eigenvalue weighted by molar-refractivity contribution is -0.125. The molecule has 0 unspecified atom stereocenters. The predicted molar refractivity (Wildman–Crippen MR) is 150 cm³/mol. The second kappa shape index (κ2) is 11.0. The summed E-state index contributed by atoms with van der Waals surface area (Å²) in [4.78, 5) is 22.9. The second-order valence-electron chi connectivity index (χ2n) is 8.86. The standard InChI is InChI=1S/C30H31N3O2S/c1-3-22-12-15-27-28(21-22)36-30(31-27)33-18-16-32(17-19-33)29(34)26(24-8-6-5-7-9-24)20-23-10-13-25(14-11-23)35-4-2/h5-15,20-21H,3-4,16-19H2,1-2H3/b26-20+. The summed E-state index contributed by atoms with van der Waals surface area (Å²) in [6, 6.07) is 24.3. The number of anilines is 1. The molecule has 1 amide bonds. The molecule has 0 N–H and O–H groups in total. The summed E-state index contributed by atoms with van der Waals surface area (Å²) in [6.07, 6.45) is 3.01. The molecule has 4 aromatic rings. The number of ether oxygens (including phenoxy) is 1. The van der Waals surface area contributed by atoms with Gasteiger partial charge in [-0.25, -0.2) is 4.98 Å². The normalized spacial score (nSPS) is 14.3. The molecule has 36 heavy (non-hydrogen) atoms. The zero-order valence-electron chi connectivity index (χ0n) is 20.8. The molecule has 0 spiro atoms. The molecule has 184 valence electrons. The van der Waals surface area contributed by atoms with Crippen molar-refractivity contribution in [3.63, 3.8) is 0 Å². The predicted octanol–water partition coefficient (Wildman–Crippen LogP) is 6.15. The number of carbonyl (C=O) groups excluding carboxylic acids is 1. The van der Waals surface area contributed by atoms with Crippen molar-refractivity contribution in [2.45, 2.75) is 20.3 Å². The first-order valence-electron chi connectivity index (χ1n) is 12.6. The number of thiazole rings is 1. The summed E-state index contributed by atoms with van der Waals surface area (Å²) < 4.78 is 6.79. The van der Waals surface area contributed by atoms with Crippen molar-refractivity contribution in [2.24, 2.45) is 0 Å². The van der Waals surface area contributed by atoms with E-state index in [1.807, 2.05) is 72.5 Å². The number of hydrogen-bond donors (Lipinski definition) is 0. The number of benzene rings is 3. The molecule has 5 nitrogen and oxygen atoms in total. The minimum atomic E-state index is 0.0617. The molecule has 0 saturated carbocycles. The monoisotopic (exact) mass is 497 g/mol. The molecule has 1 aliphatic rings. The van der Waals surface area contributed by atoms with Crippen LogP contribution in [0.5, 0.6) is 5.75 Å². The SMILES string of the molecule is CCOc1ccc(/C=C(/C(=O)N2CCN(c3nc4ccc(CC)cc4s3)CC2)c2ccccc2)cc1. The Morgan fingerprint density at radius 1 is 0.972 bits per heavy atom. The number of amides is 1. The van der Waals surface area contributed by atoms with E-state index in [0.717, 1.165) is 47.0 Å². The van der Waals surface area contributed by atoms with Crippen LogP contribution >= 0.6 is 11.3 Å². The zero-order chi connectivity index (χ0) is 24.9. The van der Waals surface area contributed by atoms with E-state index in [1.54, 1.807) is 11.3 Å². The fourth-order valence-corrected chi connectivity index (χ4v) is 5.54. The van der Waals surface area contributed by atoms with E-state index in [4.69, 9.17) is 9.72 Å². The maximum Gasteiger partial charge on any atom is 0.254 e. The van der Waals surface area contributed by atoms with Crippen molar-refractivity contribution in [3.8, 4) is 5.75 Å². The van der Waals surface area contributed by atoms with E-state index in [9.17, 15) is 4.79 Å². The maximum absolute atomic E-state index is 13.7. The minimum Gasteiger partial charge on any atom is -0.494 e. The lowest BCUT2D eigenvalue weighted by Gasteiger charge is -2.35. The average molecular weight is 498 g/mol. The van der Waals surface area contributed by atoms with Gasteiger partial charge in [0.2, 0.25) is 0 Å². The molecular formula is C30H31N3O2S. The number of aryl methyl sites for hydroxylation is 1. The first-order chi connectivity index (χ1) is 17.6. The molecule has 1 fully saturated rings. The first-order valence-corrected chi connectivity index (χ1v) is 13.4. The topological polar surface area (TPSA) is 45.7 Å². The number of piperazine rings is 1. The Labute approximate surface area is 216 Å². The van der Waals surface area contributed by atoms with Crippen molar-refractivity contribution >= 4 is 44.2 Å². The van der Waals surface area contributed by atoms with Gasteiger partial charge in [-0.05, 0) is 60.4 Å². The number of fused-ring (bicyclic) bond motifs is 1. The molecule has 1 saturated heterocycles. The van der Waals surface area contributed by atoms with Gasteiger partial charge in [-0.15, -0.1) is 0 Å². The third-order valence-electron chi connectivity index (χ3n) is 6.50. The van der Waals surface area contributed by atoms with Crippen molar-refractivity contribution < 1.29 is 9.53 Å². The van der Waals surface area contributed by atoms with Crippen LogP contribution in [-0.4, -0.2) is 48.6 Å². The summed E-state index contributed by atoms with van der Waals surface area (Å²) in [5, 5.41) is 1.04. The maximum atomic E-state index is 13.7. The number of carbonyl (C=O) groups is 1. The molecule has 6 heteroatoms. The van der Waals surface area contributed by atoms with E-state index >= 15 is 0 Å². The summed E-state index contributed by atoms with van der Waals surface area (Å²) in [6.45, 7) is 7.66. The molecular weight excluding hydrogens is 466 g/mol. The molecule has 1 aliphatic heterocycles. The van der Waals surface area contributed by atoms with Gasteiger partial charge in [-0.2, -0.15) is 0 Å². The summed E-state index contributed by atoms with van der Waals surface area (Å²) in [7, 11) is 0. The largest absolute Gasteiger partial charge is 0.494 e. The Balaban J connectivity index is 1.33. The van der Waals surface area contributed by atoms with Gasteiger partial charge in [0.05, 0.1) is 16.8 Å². The van der Waals surface area contributed by atoms with Crippen LogP contribution in [0.4, 0.5) is 5.13 Å². The van der Waals surface area contributed by atoms with E-state index in [0.29, 0.717) is 25.3 Å². The van der Waals surface area contributed by atoms with Crippen LogP contribution in [0, 0.1) is 0 Å². The Kier molecular flexibility index (Phi) is 7.33. The van der Waals surface area contributed by atoms with Gasteiger partial charge in [0.25, 0.3) is 5.91 Å². The van der Waals surface area contributed by atoms with Crippen LogP contribution in [0.3, 0.4) is 0 Å². The smallest absolute Gasteiger partial charge is 0.254 e. The quantitative estimate of drug-likeness (QED) is 0.227. The third kappa shape index (κ3) is 5.29. The van der Waals surface area contributed by atoms with Gasteiger partial charge in [0.1, 0.15) is 5.75 Å². The van der Waals surface area contributed by atoms with Crippen molar-refractivity contribution in [3.05, 3.63) is 89.5 Å². The van der Waals surface area contributed by atoms with E-state index in [2.05, 4.69) is 30.0 Å². The highest BCUT2D eigenvalue weighted by atomic mass is 32.1. The summed E-state index contributed by atoms with van der Waals surface area (Å²) in [5.41, 5.74) is 5.00. The highest BCUT2D eigenvalue weighted by Gasteiger charge is 2.26. The Bertz CT molecular complexity index is 1350. The Morgan fingerprint density at radius 2 is 1.72 bits per heavy atom. The molecule has 0 atom stereocenters. The second-order valence-corrected chi connectivity index (χ2v) is 9.87. The van der Waals surface area contributed by atoms with E-state index in [-0.39, 0.29) is 5.91 Å². The molecule has 1 aromatic heterocycles.